The lowest BCUT2D eigenvalue weighted by Gasteiger charge is -2.06. The molecule has 10 heteroatoms. The van der Waals surface area contributed by atoms with Crippen molar-refractivity contribution in [3.63, 3.8) is 0 Å². The van der Waals surface area contributed by atoms with Crippen molar-refractivity contribution >= 4 is 17.3 Å². The minimum absolute atomic E-state index is 0.0364. The van der Waals surface area contributed by atoms with Gasteiger partial charge in [-0.1, -0.05) is 12.1 Å². The van der Waals surface area contributed by atoms with Gasteiger partial charge >= 0.3 is 0 Å². The van der Waals surface area contributed by atoms with Gasteiger partial charge in [0.1, 0.15) is 6.33 Å². The number of amides is 1. The Kier molecular flexibility index (Phi) is 4.97. The van der Waals surface area contributed by atoms with E-state index in [0.717, 1.165) is 11.3 Å². The Balaban J connectivity index is 1.76. The van der Waals surface area contributed by atoms with Gasteiger partial charge in [-0.15, -0.1) is 5.10 Å². The van der Waals surface area contributed by atoms with Crippen LogP contribution in [-0.2, 0) is 0 Å². The fourth-order valence-electron chi connectivity index (χ4n) is 2.42. The van der Waals surface area contributed by atoms with Crippen molar-refractivity contribution in [1.29, 1.82) is 0 Å². The Labute approximate surface area is 153 Å². The summed E-state index contributed by atoms with van der Waals surface area (Å²) in [5, 5.41) is 26.0. The number of nitrogens with one attached hydrogen (secondary N) is 1. The quantitative estimate of drug-likeness (QED) is 0.418. The number of carbonyl (C=O) groups is 1. The molecule has 0 radical (unpaired) electrons. The van der Waals surface area contributed by atoms with E-state index < -0.39 is 10.8 Å². The molecule has 0 unspecified atom stereocenters. The van der Waals surface area contributed by atoms with Gasteiger partial charge in [0.05, 0.1) is 16.3 Å². The molecular formula is C17H15N7O3. The molecule has 3 aromatic rings. The number of nitro benzene ring substituents is 1. The molecule has 0 saturated heterocycles. The van der Waals surface area contributed by atoms with Gasteiger partial charge in [-0.25, -0.2) is 10.1 Å². The molecule has 27 heavy (non-hydrogen) atoms. The van der Waals surface area contributed by atoms with Crippen molar-refractivity contribution in [1.82, 2.24) is 25.6 Å². The molecule has 0 spiro atoms. The van der Waals surface area contributed by atoms with E-state index >= 15 is 0 Å². The van der Waals surface area contributed by atoms with Crippen molar-refractivity contribution in [2.45, 2.75) is 13.8 Å². The van der Waals surface area contributed by atoms with Crippen LogP contribution in [0.1, 0.15) is 28.4 Å². The average Bonchev–Trinajstić information content (AvgIpc) is 3.20. The smallest absolute Gasteiger partial charge is 0.267 e. The van der Waals surface area contributed by atoms with E-state index in [2.05, 4.69) is 26.1 Å². The maximum Gasteiger partial charge on any atom is 0.272 e. The number of tetrazole rings is 1. The lowest BCUT2D eigenvalue weighted by molar-refractivity contribution is -0.385. The zero-order valence-corrected chi connectivity index (χ0v) is 14.5. The second-order valence-corrected chi connectivity index (χ2v) is 5.70. The molecule has 0 atom stereocenters. The second kappa shape index (κ2) is 7.52. The van der Waals surface area contributed by atoms with Gasteiger partial charge in [-0.2, -0.15) is 5.10 Å². The summed E-state index contributed by atoms with van der Waals surface area (Å²) in [5.74, 6) is -0.455. The summed E-state index contributed by atoms with van der Waals surface area (Å²) >= 11 is 0. The molecule has 0 aliphatic rings. The predicted octanol–water partition coefficient (Wildman–Crippen LogP) is 2.03. The largest absolute Gasteiger partial charge is 0.272 e. The van der Waals surface area contributed by atoms with Crippen LogP contribution in [0.15, 0.2) is 53.9 Å². The molecular weight excluding hydrogens is 350 g/mol. The van der Waals surface area contributed by atoms with E-state index in [1.807, 2.05) is 24.3 Å². The average molecular weight is 365 g/mol. The van der Waals surface area contributed by atoms with E-state index in [1.165, 1.54) is 29.2 Å². The number of nitrogens with zero attached hydrogens (tertiary/aromatic N) is 6. The van der Waals surface area contributed by atoms with Gasteiger partial charge in [0.15, 0.2) is 0 Å². The Morgan fingerprint density at radius 2 is 2.04 bits per heavy atom. The fraction of sp³-hybridized carbons (Fsp3) is 0.118. The van der Waals surface area contributed by atoms with Crippen molar-refractivity contribution in [2.75, 3.05) is 0 Å². The standard InChI is InChI=1S/C17H15N7O3/c1-11-8-14(6-7-16(11)24(26)27)17(25)20-19-12(2)13-4-3-5-15(9-13)23-10-18-21-22-23/h3-10H,1-2H3,(H,20,25)/b19-12-. The van der Waals surface area contributed by atoms with Crippen molar-refractivity contribution in [3.05, 3.63) is 75.6 Å². The molecule has 0 aliphatic carbocycles. The first-order chi connectivity index (χ1) is 13.0. The number of nitro groups is 1. The van der Waals surface area contributed by atoms with Gasteiger partial charge in [-0.3, -0.25) is 14.9 Å². The highest BCUT2D eigenvalue weighted by Gasteiger charge is 2.13. The summed E-state index contributed by atoms with van der Waals surface area (Å²) in [6, 6.07) is 11.5. The van der Waals surface area contributed by atoms with Crippen LogP contribution in [0.4, 0.5) is 5.69 Å². The van der Waals surface area contributed by atoms with Gasteiger partial charge in [0.25, 0.3) is 11.6 Å². The number of benzene rings is 2. The summed E-state index contributed by atoms with van der Waals surface area (Å²) in [6.45, 7) is 3.33. The monoisotopic (exact) mass is 365 g/mol. The normalized spacial score (nSPS) is 11.3. The van der Waals surface area contributed by atoms with Crippen LogP contribution in [0.25, 0.3) is 5.69 Å². The Morgan fingerprint density at radius 3 is 2.70 bits per heavy atom. The van der Waals surface area contributed by atoms with E-state index in [4.69, 9.17) is 0 Å². The van der Waals surface area contributed by atoms with Crippen molar-refractivity contribution in [2.24, 2.45) is 5.10 Å². The lowest BCUT2D eigenvalue weighted by Crippen LogP contribution is -2.19. The van der Waals surface area contributed by atoms with Gasteiger partial charge < -0.3 is 0 Å². The molecule has 1 aromatic heterocycles. The van der Waals surface area contributed by atoms with E-state index in [9.17, 15) is 14.9 Å². The number of hydrogen-bond donors (Lipinski definition) is 1. The SMILES string of the molecule is C/C(=N/NC(=O)c1ccc([N+](=O)[O-])c(C)c1)c1cccc(-n2cnnn2)c1. The van der Waals surface area contributed by atoms with E-state index in [-0.39, 0.29) is 11.3 Å². The molecule has 0 fully saturated rings. The van der Waals surface area contributed by atoms with Crippen LogP contribution >= 0.6 is 0 Å². The van der Waals surface area contributed by atoms with Gasteiger partial charge in [-0.05, 0) is 54.1 Å². The molecule has 136 valence electrons. The Morgan fingerprint density at radius 1 is 1.22 bits per heavy atom. The lowest BCUT2D eigenvalue weighted by atomic mass is 10.1. The maximum absolute atomic E-state index is 12.2. The molecule has 1 amide bonds. The molecule has 1 heterocycles. The third kappa shape index (κ3) is 4.00. The molecule has 0 aliphatic heterocycles. The third-order valence-electron chi connectivity index (χ3n) is 3.86. The Hall–Kier alpha value is -3.95. The van der Waals surface area contributed by atoms with Crippen LogP contribution in [0.3, 0.4) is 0 Å². The highest BCUT2D eigenvalue weighted by atomic mass is 16.6. The molecule has 0 bridgehead atoms. The van der Waals surface area contributed by atoms with Crippen LogP contribution < -0.4 is 5.43 Å². The highest BCUT2D eigenvalue weighted by molar-refractivity contribution is 6.01. The molecule has 3 rings (SSSR count). The second-order valence-electron chi connectivity index (χ2n) is 5.70. The summed E-state index contributed by atoms with van der Waals surface area (Å²) in [6.07, 6.45) is 1.48. The molecule has 2 aromatic carbocycles. The minimum atomic E-state index is -0.489. The van der Waals surface area contributed by atoms with Crippen LogP contribution in [0, 0.1) is 17.0 Å². The molecule has 10 nitrogen and oxygen atoms in total. The van der Waals surface area contributed by atoms with Gasteiger partial charge in [0.2, 0.25) is 0 Å². The number of hydrazone groups is 1. The summed E-state index contributed by atoms with van der Waals surface area (Å²) in [5.41, 5.74) is 5.23. The van der Waals surface area contributed by atoms with Crippen molar-refractivity contribution in [3.8, 4) is 5.69 Å². The highest BCUT2D eigenvalue weighted by Crippen LogP contribution is 2.18. The third-order valence-corrected chi connectivity index (χ3v) is 3.86. The summed E-state index contributed by atoms with van der Waals surface area (Å²) in [7, 11) is 0. The zero-order chi connectivity index (χ0) is 19.4. The first-order valence-corrected chi connectivity index (χ1v) is 7.89. The number of hydrogen-bond acceptors (Lipinski definition) is 7. The molecule has 1 N–H and O–H groups in total. The number of carbonyl (C=O) groups excluding carboxylic acids is 1. The number of aryl methyl sites for hydroxylation is 1. The first kappa shape index (κ1) is 17.9. The van der Waals surface area contributed by atoms with Crippen LogP contribution in [0.2, 0.25) is 0 Å². The molecule has 0 saturated carbocycles. The number of aromatic nitrogens is 4. The van der Waals surface area contributed by atoms with Crippen molar-refractivity contribution < 1.29 is 9.72 Å². The predicted molar refractivity (Wildman–Crippen MR) is 96.7 cm³/mol. The summed E-state index contributed by atoms with van der Waals surface area (Å²) < 4.78 is 1.51. The first-order valence-electron chi connectivity index (χ1n) is 7.89. The fourth-order valence-corrected chi connectivity index (χ4v) is 2.42. The number of rotatable bonds is 5. The Bertz CT molecular complexity index is 1030. The summed E-state index contributed by atoms with van der Waals surface area (Å²) in [4.78, 5) is 22.6. The van der Waals surface area contributed by atoms with Crippen LogP contribution in [-0.4, -0.2) is 36.7 Å². The van der Waals surface area contributed by atoms with E-state index in [1.54, 1.807) is 13.8 Å². The van der Waals surface area contributed by atoms with Crippen LogP contribution in [0.5, 0.6) is 0 Å². The minimum Gasteiger partial charge on any atom is -0.267 e. The maximum atomic E-state index is 12.2. The van der Waals surface area contributed by atoms with E-state index in [0.29, 0.717) is 11.3 Å². The topological polar surface area (TPSA) is 128 Å². The van der Waals surface area contributed by atoms with Gasteiger partial charge in [0, 0.05) is 17.2 Å². The zero-order valence-electron chi connectivity index (χ0n) is 14.5.